The Morgan fingerprint density at radius 2 is 2.62 bits per heavy atom. The van der Waals surface area contributed by atoms with Crippen molar-refractivity contribution >= 4 is 6.21 Å². The SMILES string of the molecule is ON=CC1CCCO1. The first-order chi connectivity index (χ1) is 3.93. The molecule has 0 aliphatic carbocycles. The maximum absolute atomic E-state index is 8.02. The van der Waals surface area contributed by atoms with E-state index in [1.54, 1.807) is 0 Å². The zero-order chi connectivity index (χ0) is 5.82. The van der Waals surface area contributed by atoms with Crippen LogP contribution in [-0.4, -0.2) is 24.1 Å². The lowest BCUT2D eigenvalue weighted by molar-refractivity contribution is 0.158. The number of oxime groups is 1. The summed E-state index contributed by atoms with van der Waals surface area (Å²) >= 11 is 0. The fourth-order valence-electron chi connectivity index (χ4n) is 0.794. The van der Waals surface area contributed by atoms with Gasteiger partial charge in [-0.25, -0.2) is 0 Å². The largest absolute Gasteiger partial charge is 0.411 e. The first-order valence-corrected chi connectivity index (χ1v) is 2.72. The van der Waals surface area contributed by atoms with Gasteiger partial charge in [0.1, 0.15) is 0 Å². The van der Waals surface area contributed by atoms with E-state index in [0.29, 0.717) is 0 Å². The van der Waals surface area contributed by atoms with Crippen LogP contribution in [-0.2, 0) is 4.74 Å². The van der Waals surface area contributed by atoms with E-state index >= 15 is 0 Å². The van der Waals surface area contributed by atoms with Crippen molar-refractivity contribution in [2.24, 2.45) is 5.16 Å². The van der Waals surface area contributed by atoms with Crippen molar-refractivity contribution in [2.75, 3.05) is 6.61 Å². The van der Waals surface area contributed by atoms with Gasteiger partial charge in [0.2, 0.25) is 0 Å². The van der Waals surface area contributed by atoms with E-state index in [0.717, 1.165) is 19.4 Å². The second kappa shape index (κ2) is 2.67. The Kier molecular flexibility index (Phi) is 1.86. The molecule has 1 aliphatic rings. The molecule has 3 heteroatoms. The molecule has 3 nitrogen and oxygen atoms in total. The first kappa shape index (κ1) is 5.56. The number of rotatable bonds is 1. The summed E-state index contributed by atoms with van der Waals surface area (Å²) in [6.07, 6.45) is 3.56. The van der Waals surface area contributed by atoms with Gasteiger partial charge in [-0.2, -0.15) is 0 Å². The molecular formula is C5H9NO2. The number of ether oxygens (including phenoxy) is 1. The number of hydrogen-bond acceptors (Lipinski definition) is 3. The van der Waals surface area contributed by atoms with E-state index in [1.807, 2.05) is 0 Å². The van der Waals surface area contributed by atoms with Crippen LogP contribution in [0.4, 0.5) is 0 Å². The van der Waals surface area contributed by atoms with Crippen LogP contribution < -0.4 is 0 Å². The minimum atomic E-state index is 0.0694. The van der Waals surface area contributed by atoms with E-state index in [4.69, 9.17) is 9.94 Å². The summed E-state index contributed by atoms with van der Waals surface area (Å²) in [6, 6.07) is 0. The van der Waals surface area contributed by atoms with Gasteiger partial charge in [0.25, 0.3) is 0 Å². The fraction of sp³-hybridized carbons (Fsp3) is 0.800. The summed E-state index contributed by atoms with van der Waals surface area (Å²) in [7, 11) is 0. The summed E-state index contributed by atoms with van der Waals surface area (Å²) in [5.74, 6) is 0. The molecule has 1 heterocycles. The second-order valence-corrected chi connectivity index (χ2v) is 1.82. The molecule has 0 amide bonds. The van der Waals surface area contributed by atoms with E-state index in [1.165, 1.54) is 6.21 Å². The molecule has 0 aromatic carbocycles. The zero-order valence-corrected chi connectivity index (χ0v) is 4.58. The molecule has 46 valence electrons. The van der Waals surface area contributed by atoms with Crippen LogP contribution in [0.25, 0.3) is 0 Å². The van der Waals surface area contributed by atoms with Gasteiger partial charge in [0.15, 0.2) is 0 Å². The molecule has 0 bridgehead atoms. The lowest BCUT2D eigenvalue weighted by Crippen LogP contribution is -2.05. The molecule has 1 atom stereocenters. The minimum absolute atomic E-state index is 0.0694. The van der Waals surface area contributed by atoms with Crippen LogP contribution in [0.15, 0.2) is 5.16 Å². The van der Waals surface area contributed by atoms with Crippen molar-refractivity contribution in [3.8, 4) is 0 Å². The number of nitrogens with zero attached hydrogens (tertiary/aromatic N) is 1. The highest BCUT2D eigenvalue weighted by Gasteiger charge is 2.11. The average Bonchev–Trinajstić information content (AvgIpc) is 2.19. The third-order valence-corrected chi connectivity index (χ3v) is 1.20. The predicted octanol–water partition coefficient (Wildman–Crippen LogP) is 0.625. The van der Waals surface area contributed by atoms with Gasteiger partial charge in [-0.3, -0.25) is 0 Å². The maximum Gasteiger partial charge on any atom is 0.0960 e. The Morgan fingerprint density at radius 3 is 3.12 bits per heavy atom. The van der Waals surface area contributed by atoms with Crippen LogP contribution in [0.1, 0.15) is 12.8 Å². The zero-order valence-electron chi connectivity index (χ0n) is 4.58. The molecule has 1 saturated heterocycles. The van der Waals surface area contributed by atoms with Crippen molar-refractivity contribution in [1.82, 2.24) is 0 Å². The van der Waals surface area contributed by atoms with Gasteiger partial charge in [-0.05, 0) is 12.8 Å². The van der Waals surface area contributed by atoms with Crippen molar-refractivity contribution in [1.29, 1.82) is 0 Å². The highest BCUT2D eigenvalue weighted by atomic mass is 16.5. The standard InChI is InChI=1S/C5H9NO2/c7-6-4-5-2-1-3-8-5/h4-5,7H,1-3H2. The van der Waals surface area contributed by atoms with Gasteiger partial charge < -0.3 is 9.94 Å². The summed E-state index contributed by atoms with van der Waals surface area (Å²) in [5.41, 5.74) is 0. The van der Waals surface area contributed by atoms with Crippen molar-refractivity contribution in [2.45, 2.75) is 18.9 Å². The van der Waals surface area contributed by atoms with Crippen LogP contribution >= 0.6 is 0 Å². The van der Waals surface area contributed by atoms with E-state index in [9.17, 15) is 0 Å². The Hall–Kier alpha value is -0.570. The van der Waals surface area contributed by atoms with E-state index < -0.39 is 0 Å². The molecule has 1 rings (SSSR count). The molecule has 1 N–H and O–H groups in total. The van der Waals surface area contributed by atoms with Crippen molar-refractivity contribution in [3.63, 3.8) is 0 Å². The first-order valence-electron chi connectivity index (χ1n) is 2.72. The normalized spacial score (nSPS) is 29.8. The summed E-state index contributed by atoms with van der Waals surface area (Å²) in [5, 5.41) is 10.9. The van der Waals surface area contributed by atoms with Gasteiger partial charge in [-0.1, -0.05) is 5.16 Å². The molecule has 1 fully saturated rings. The molecule has 0 aromatic heterocycles. The van der Waals surface area contributed by atoms with Crippen LogP contribution in [0.3, 0.4) is 0 Å². The lowest BCUT2D eigenvalue weighted by atomic mass is 10.3. The third kappa shape index (κ3) is 1.20. The Bertz CT molecular complexity index is 86.4. The van der Waals surface area contributed by atoms with Crippen LogP contribution in [0.5, 0.6) is 0 Å². The monoisotopic (exact) mass is 115 g/mol. The topological polar surface area (TPSA) is 41.8 Å². The Labute approximate surface area is 48.0 Å². The van der Waals surface area contributed by atoms with Crippen LogP contribution in [0.2, 0.25) is 0 Å². The van der Waals surface area contributed by atoms with Gasteiger partial charge in [-0.15, -0.1) is 0 Å². The predicted molar refractivity (Wildman–Crippen MR) is 29.3 cm³/mol. The van der Waals surface area contributed by atoms with Gasteiger partial charge in [0, 0.05) is 6.61 Å². The number of hydrogen-bond donors (Lipinski definition) is 1. The summed E-state index contributed by atoms with van der Waals surface area (Å²) in [6.45, 7) is 0.802. The van der Waals surface area contributed by atoms with Crippen molar-refractivity contribution < 1.29 is 9.94 Å². The maximum atomic E-state index is 8.02. The highest BCUT2D eigenvalue weighted by molar-refractivity contribution is 5.62. The van der Waals surface area contributed by atoms with E-state index in [2.05, 4.69) is 5.16 Å². The van der Waals surface area contributed by atoms with Gasteiger partial charge >= 0.3 is 0 Å². The smallest absolute Gasteiger partial charge is 0.0960 e. The fourth-order valence-corrected chi connectivity index (χ4v) is 0.794. The molecule has 0 radical (unpaired) electrons. The quantitative estimate of drug-likeness (QED) is 0.309. The highest BCUT2D eigenvalue weighted by Crippen LogP contribution is 2.08. The summed E-state index contributed by atoms with van der Waals surface area (Å²) < 4.78 is 5.08. The molecule has 0 aromatic rings. The molecule has 8 heavy (non-hydrogen) atoms. The Morgan fingerprint density at radius 1 is 1.75 bits per heavy atom. The van der Waals surface area contributed by atoms with E-state index in [-0.39, 0.29) is 6.10 Å². The van der Waals surface area contributed by atoms with Crippen molar-refractivity contribution in [3.05, 3.63) is 0 Å². The minimum Gasteiger partial charge on any atom is -0.411 e. The second-order valence-electron chi connectivity index (χ2n) is 1.82. The average molecular weight is 115 g/mol. The molecule has 0 spiro atoms. The Balaban J connectivity index is 2.24. The summed E-state index contributed by atoms with van der Waals surface area (Å²) in [4.78, 5) is 0. The van der Waals surface area contributed by atoms with Crippen LogP contribution in [0, 0.1) is 0 Å². The molecular weight excluding hydrogens is 106 g/mol. The molecule has 1 aliphatic heterocycles. The third-order valence-electron chi connectivity index (χ3n) is 1.20. The van der Waals surface area contributed by atoms with Gasteiger partial charge in [0.05, 0.1) is 12.3 Å². The molecule has 1 unspecified atom stereocenters. The molecule has 0 saturated carbocycles. The lowest BCUT2D eigenvalue weighted by Gasteiger charge is -1.96.